The summed E-state index contributed by atoms with van der Waals surface area (Å²) < 4.78 is 0. The quantitative estimate of drug-likeness (QED) is 0.605. The van der Waals surface area contributed by atoms with E-state index in [1.54, 1.807) is 0 Å². The van der Waals surface area contributed by atoms with E-state index in [-0.39, 0.29) is 0 Å². The average Bonchev–Trinajstić information content (AvgIpc) is 2.89. The number of para-hydroxylation sites is 2. The van der Waals surface area contributed by atoms with Crippen molar-refractivity contribution in [3.05, 3.63) is 30.1 Å². The minimum Gasteiger partial charge on any atom is -0.381 e. The van der Waals surface area contributed by atoms with E-state index in [9.17, 15) is 0 Å². The summed E-state index contributed by atoms with van der Waals surface area (Å²) in [4.78, 5) is 8.65. The number of hydrogen-bond donors (Lipinski definition) is 3. The number of H-pyrrole nitrogens is 1. The molecule has 2 heterocycles. The summed E-state index contributed by atoms with van der Waals surface area (Å²) in [6.07, 6.45) is 0. The van der Waals surface area contributed by atoms with Gasteiger partial charge in [-0.05, 0) is 12.1 Å². The number of tetrazole rings is 1. The van der Waals surface area contributed by atoms with Crippen LogP contribution in [0.1, 0.15) is 5.82 Å². The number of aromatic amines is 1. The van der Waals surface area contributed by atoms with E-state index in [4.69, 9.17) is 5.73 Å². The lowest BCUT2D eigenvalue weighted by Crippen LogP contribution is -2.07. The topological polar surface area (TPSA) is 118 Å². The van der Waals surface area contributed by atoms with Gasteiger partial charge in [0.15, 0.2) is 17.5 Å². The van der Waals surface area contributed by atoms with Gasteiger partial charge in [-0.25, -0.2) is 9.97 Å². The number of nitrogen functional groups attached to an aromatic ring is 1. The highest BCUT2D eigenvalue weighted by molar-refractivity contribution is 5.79. The molecule has 0 unspecified atom stereocenters. The van der Waals surface area contributed by atoms with Gasteiger partial charge in [0, 0.05) is 0 Å². The number of hydrogen-bond acceptors (Lipinski definition) is 7. The molecule has 8 heteroatoms. The molecule has 0 saturated heterocycles. The Bertz CT molecular complexity index is 663. The molecule has 0 bridgehead atoms. The Hall–Kier alpha value is -2.77. The van der Waals surface area contributed by atoms with Crippen LogP contribution in [-0.4, -0.2) is 30.6 Å². The fourth-order valence-corrected chi connectivity index (χ4v) is 1.56. The Kier molecular flexibility index (Phi) is 2.45. The van der Waals surface area contributed by atoms with Gasteiger partial charge in [0.1, 0.15) is 0 Å². The maximum Gasteiger partial charge on any atom is 0.193 e. The average molecular weight is 242 g/mol. The van der Waals surface area contributed by atoms with E-state index in [0.717, 1.165) is 11.0 Å². The van der Waals surface area contributed by atoms with Crippen molar-refractivity contribution >= 4 is 22.7 Å². The molecule has 3 aromatic rings. The van der Waals surface area contributed by atoms with Crippen molar-refractivity contribution in [1.82, 2.24) is 30.6 Å². The van der Waals surface area contributed by atoms with Gasteiger partial charge in [0.2, 0.25) is 0 Å². The van der Waals surface area contributed by atoms with E-state index in [0.29, 0.717) is 24.0 Å². The van der Waals surface area contributed by atoms with Crippen LogP contribution in [-0.2, 0) is 6.54 Å². The molecule has 0 radical (unpaired) electrons. The third-order valence-electron chi connectivity index (χ3n) is 2.40. The lowest BCUT2D eigenvalue weighted by atomic mass is 10.3. The van der Waals surface area contributed by atoms with Gasteiger partial charge in [-0.3, -0.25) is 0 Å². The Morgan fingerprint density at radius 1 is 1.17 bits per heavy atom. The molecule has 0 aliphatic heterocycles. The Balaban J connectivity index is 1.89. The van der Waals surface area contributed by atoms with Crippen LogP contribution in [0.2, 0.25) is 0 Å². The van der Waals surface area contributed by atoms with Crippen molar-refractivity contribution < 1.29 is 0 Å². The van der Waals surface area contributed by atoms with E-state index >= 15 is 0 Å². The third kappa shape index (κ3) is 1.90. The van der Waals surface area contributed by atoms with Gasteiger partial charge in [-0.2, -0.15) is 5.21 Å². The smallest absolute Gasteiger partial charge is 0.193 e. The second-order valence-electron chi connectivity index (χ2n) is 3.63. The van der Waals surface area contributed by atoms with Crippen molar-refractivity contribution in [1.29, 1.82) is 0 Å². The molecule has 0 fully saturated rings. The Morgan fingerprint density at radius 3 is 2.67 bits per heavy atom. The number of anilines is 2. The molecule has 0 aliphatic carbocycles. The van der Waals surface area contributed by atoms with Crippen LogP contribution in [0, 0.1) is 0 Å². The largest absolute Gasteiger partial charge is 0.381 e. The monoisotopic (exact) mass is 242 g/mol. The predicted octanol–water partition coefficient (Wildman–Crippen LogP) is 0.337. The van der Waals surface area contributed by atoms with E-state index < -0.39 is 0 Å². The molecule has 90 valence electrons. The van der Waals surface area contributed by atoms with Crippen molar-refractivity contribution in [2.75, 3.05) is 11.1 Å². The van der Waals surface area contributed by atoms with Crippen LogP contribution in [0.15, 0.2) is 24.3 Å². The van der Waals surface area contributed by atoms with Crippen molar-refractivity contribution in [2.45, 2.75) is 6.54 Å². The first kappa shape index (κ1) is 10.4. The Morgan fingerprint density at radius 2 is 1.94 bits per heavy atom. The SMILES string of the molecule is Nc1nc2ccccc2nc1NCc1nn[nH]n1. The molecule has 1 aromatic carbocycles. The fourth-order valence-electron chi connectivity index (χ4n) is 1.56. The van der Waals surface area contributed by atoms with E-state index in [1.807, 2.05) is 24.3 Å². The van der Waals surface area contributed by atoms with Crippen molar-refractivity contribution in [2.24, 2.45) is 0 Å². The molecular formula is C10H10N8. The highest BCUT2D eigenvalue weighted by atomic mass is 15.5. The highest BCUT2D eigenvalue weighted by Gasteiger charge is 2.06. The molecule has 2 aromatic heterocycles. The Labute approximate surface area is 102 Å². The number of nitrogens with two attached hydrogens (primary N) is 1. The first-order chi connectivity index (χ1) is 8.83. The number of nitrogens with one attached hydrogen (secondary N) is 2. The minimum atomic E-state index is 0.345. The summed E-state index contributed by atoms with van der Waals surface area (Å²) in [6, 6.07) is 7.53. The maximum absolute atomic E-state index is 5.83. The molecule has 3 rings (SSSR count). The zero-order chi connectivity index (χ0) is 12.4. The molecule has 0 saturated carbocycles. The summed E-state index contributed by atoms with van der Waals surface area (Å²) >= 11 is 0. The molecule has 8 nitrogen and oxygen atoms in total. The second-order valence-corrected chi connectivity index (χ2v) is 3.63. The predicted molar refractivity (Wildman–Crippen MR) is 65.5 cm³/mol. The van der Waals surface area contributed by atoms with Gasteiger partial charge < -0.3 is 11.1 Å². The summed E-state index contributed by atoms with van der Waals surface area (Å²) in [5.41, 5.74) is 7.37. The second kappa shape index (κ2) is 4.24. The fraction of sp³-hybridized carbons (Fsp3) is 0.100. The first-order valence-corrected chi connectivity index (χ1v) is 5.31. The van der Waals surface area contributed by atoms with Crippen LogP contribution in [0.4, 0.5) is 11.6 Å². The van der Waals surface area contributed by atoms with Crippen molar-refractivity contribution in [3.63, 3.8) is 0 Å². The maximum atomic E-state index is 5.83. The molecule has 18 heavy (non-hydrogen) atoms. The van der Waals surface area contributed by atoms with Crippen LogP contribution >= 0.6 is 0 Å². The van der Waals surface area contributed by atoms with Crippen LogP contribution in [0.3, 0.4) is 0 Å². The molecular weight excluding hydrogens is 232 g/mol. The van der Waals surface area contributed by atoms with Gasteiger partial charge in [0.25, 0.3) is 0 Å². The number of fused-ring (bicyclic) bond motifs is 1. The first-order valence-electron chi connectivity index (χ1n) is 5.31. The number of aromatic nitrogens is 6. The van der Waals surface area contributed by atoms with Gasteiger partial charge in [-0.15, -0.1) is 10.2 Å². The van der Waals surface area contributed by atoms with Crippen molar-refractivity contribution in [3.8, 4) is 0 Å². The van der Waals surface area contributed by atoms with Gasteiger partial charge >= 0.3 is 0 Å². The summed E-state index contributed by atoms with van der Waals surface area (Å²) in [7, 11) is 0. The van der Waals surface area contributed by atoms with Gasteiger partial charge in [0.05, 0.1) is 17.6 Å². The van der Waals surface area contributed by atoms with Crippen LogP contribution in [0.25, 0.3) is 11.0 Å². The third-order valence-corrected chi connectivity index (χ3v) is 2.40. The molecule has 4 N–H and O–H groups in total. The van der Waals surface area contributed by atoms with Crippen LogP contribution < -0.4 is 11.1 Å². The highest BCUT2D eigenvalue weighted by Crippen LogP contribution is 2.18. The molecule has 0 atom stereocenters. The standard InChI is InChI=1S/C10H10N8/c11-9-10(12-5-8-15-17-18-16-8)14-7-4-2-1-3-6(7)13-9/h1-4H,5H2,(H2,11,13)(H,12,14)(H,15,16,17,18). The van der Waals surface area contributed by atoms with E-state index in [2.05, 4.69) is 35.9 Å². The summed E-state index contributed by atoms with van der Waals surface area (Å²) in [6.45, 7) is 0.383. The number of rotatable bonds is 3. The number of benzene rings is 1. The zero-order valence-corrected chi connectivity index (χ0v) is 9.33. The van der Waals surface area contributed by atoms with Gasteiger partial charge in [-0.1, -0.05) is 17.3 Å². The normalized spacial score (nSPS) is 10.7. The zero-order valence-electron chi connectivity index (χ0n) is 9.33. The number of nitrogens with zero attached hydrogens (tertiary/aromatic N) is 5. The molecule has 0 spiro atoms. The molecule has 0 amide bonds. The minimum absolute atomic E-state index is 0.345. The summed E-state index contributed by atoms with van der Waals surface area (Å²) in [5, 5.41) is 16.5. The molecule has 0 aliphatic rings. The summed E-state index contributed by atoms with van der Waals surface area (Å²) in [5.74, 6) is 1.39. The lowest BCUT2D eigenvalue weighted by Gasteiger charge is -2.06. The van der Waals surface area contributed by atoms with Crippen LogP contribution in [0.5, 0.6) is 0 Å². The lowest BCUT2D eigenvalue weighted by molar-refractivity contribution is 0.881. The van der Waals surface area contributed by atoms with E-state index in [1.165, 1.54) is 0 Å².